The molecule has 0 atom stereocenters. The van der Waals surface area contributed by atoms with Gasteiger partial charge in [-0.25, -0.2) is 23.4 Å². The van der Waals surface area contributed by atoms with Crippen molar-refractivity contribution in [3.8, 4) is 21.8 Å². The summed E-state index contributed by atoms with van der Waals surface area (Å²) in [5.74, 6) is 0.236. The predicted octanol–water partition coefficient (Wildman–Crippen LogP) is 5.91. The third kappa shape index (κ3) is 4.39. The summed E-state index contributed by atoms with van der Waals surface area (Å²) in [5.41, 5.74) is 2.66. The average Bonchev–Trinajstić information content (AvgIpc) is 3.39. The summed E-state index contributed by atoms with van der Waals surface area (Å²) in [7, 11) is -3.63. The first-order chi connectivity index (χ1) is 14.3. The highest BCUT2D eigenvalue weighted by Crippen LogP contribution is 2.39. The van der Waals surface area contributed by atoms with Crippen molar-refractivity contribution in [2.75, 3.05) is 4.72 Å². The second-order valence-electron chi connectivity index (χ2n) is 6.71. The molecule has 0 fully saturated rings. The van der Waals surface area contributed by atoms with Crippen LogP contribution in [0.15, 0.2) is 58.3 Å². The summed E-state index contributed by atoms with van der Waals surface area (Å²) in [6, 6.07) is 12.3. The average molecular weight is 477 g/mol. The number of hydrogen-bond donors (Lipinski definition) is 1. The van der Waals surface area contributed by atoms with Crippen molar-refractivity contribution in [2.24, 2.45) is 0 Å². The van der Waals surface area contributed by atoms with Crippen molar-refractivity contribution in [3.05, 3.63) is 64.3 Å². The van der Waals surface area contributed by atoms with Crippen LogP contribution in [-0.2, 0) is 10.0 Å². The van der Waals surface area contributed by atoms with Gasteiger partial charge in [-0.1, -0.05) is 32.0 Å². The van der Waals surface area contributed by atoms with E-state index in [1.807, 2.05) is 6.07 Å². The Kier molecular flexibility index (Phi) is 5.88. The van der Waals surface area contributed by atoms with E-state index in [1.54, 1.807) is 59.3 Å². The predicted molar refractivity (Wildman–Crippen MR) is 123 cm³/mol. The van der Waals surface area contributed by atoms with Crippen LogP contribution in [0.1, 0.15) is 24.8 Å². The highest BCUT2D eigenvalue weighted by Gasteiger charge is 2.20. The molecule has 0 radical (unpaired) electrons. The standard InChI is InChI=1S/C20H17ClN4O2S3/c1-12(2)19-24-17(18(29-19)15-8-9-22-20(21)23-15)13-5-3-6-14(11-13)25-30(26,27)16-7-4-10-28-16/h3-12,25H,1-2H3. The van der Waals surface area contributed by atoms with Gasteiger partial charge >= 0.3 is 0 Å². The number of sulfonamides is 1. The first-order valence-electron chi connectivity index (χ1n) is 9.00. The van der Waals surface area contributed by atoms with Gasteiger partial charge < -0.3 is 0 Å². The number of nitrogens with zero attached hydrogens (tertiary/aromatic N) is 3. The largest absolute Gasteiger partial charge is 0.279 e. The van der Waals surface area contributed by atoms with Gasteiger partial charge in [0.1, 0.15) is 4.21 Å². The molecule has 0 unspecified atom stereocenters. The Hall–Kier alpha value is -2.33. The van der Waals surface area contributed by atoms with E-state index >= 15 is 0 Å². The summed E-state index contributed by atoms with van der Waals surface area (Å²) in [6.07, 6.45) is 1.61. The maximum atomic E-state index is 12.6. The minimum Gasteiger partial charge on any atom is -0.279 e. The first-order valence-corrected chi connectivity index (χ1v) is 12.6. The van der Waals surface area contributed by atoms with Crippen molar-refractivity contribution in [1.82, 2.24) is 15.0 Å². The normalized spacial score (nSPS) is 11.7. The molecular weight excluding hydrogens is 460 g/mol. The number of rotatable bonds is 6. The lowest BCUT2D eigenvalue weighted by atomic mass is 10.1. The number of aromatic nitrogens is 3. The first kappa shape index (κ1) is 20.9. The van der Waals surface area contributed by atoms with Crippen molar-refractivity contribution in [3.63, 3.8) is 0 Å². The summed E-state index contributed by atoms with van der Waals surface area (Å²) in [5, 5.41) is 2.85. The zero-order valence-corrected chi connectivity index (χ0v) is 19.2. The Morgan fingerprint density at radius 1 is 1.10 bits per heavy atom. The summed E-state index contributed by atoms with van der Waals surface area (Å²) >= 11 is 8.71. The van der Waals surface area contributed by atoms with Gasteiger partial charge in [0.05, 0.1) is 21.3 Å². The molecule has 154 valence electrons. The second-order valence-corrected chi connectivity index (χ2v) is 10.9. The molecule has 0 aliphatic heterocycles. The maximum Gasteiger partial charge on any atom is 0.271 e. The van der Waals surface area contributed by atoms with Gasteiger partial charge in [0, 0.05) is 23.4 Å². The van der Waals surface area contributed by atoms with Gasteiger partial charge in [-0.05, 0) is 41.2 Å². The molecule has 3 heterocycles. The van der Waals surface area contributed by atoms with Crippen LogP contribution in [0.4, 0.5) is 5.69 Å². The Morgan fingerprint density at radius 2 is 1.93 bits per heavy atom. The van der Waals surface area contributed by atoms with Crippen molar-refractivity contribution in [1.29, 1.82) is 0 Å². The van der Waals surface area contributed by atoms with E-state index in [-0.39, 0.29) is 15.4 Å². The number of thiophene rings is 1. The fourth-order valence-electron chi connectivity index (χ4n) is 2.77. The summed E-state index contributed by atoms with van der Waals surface area (Å²) in [4.78, 5) is 14.0. The van der Waals surface area contributed by atoms with Crippen LogP contribution in [0.3, 0.4) is 0 Å². The van der Waals surface area contributed by atoms with Crippen LogP contribution in [0.2, 0.25) is 5.28 Å². The molecule has 10 heteroatoms. The van der Waals surface area contributed by atoms with Gasteiger partial charge in [0.25, 0.3) is 10.0 Å². The third-order valence-corrected chi connectivity index (χ3v) is 8.48. The van der Waals surface area contributed by atoms with Crippen molar-refractivity contribution < 1.29 is 8.42 Å². The Morgan fingerprint density at radius 3 is 2.63 bits per heavy atom. The molecule has 0 spiro atoms. The molecule has 3 aromatic heterocycles. The van der Waals surface area contributed by atoms with Gasteiger partial charge in [-0.2, -0.15) is 0 Å². The van der Waals surface area contributed by atoms with Crippen LogP contribution in [-0.4, -0.2) is 23.4 Å². The molecule has 4 rings (SSSR count). The Bertz CT molecular complexity index is 1290. The molecule has 0 amide bonds. The van der Waals surface area contributed by atoms with E-state index in [1.165, 1.54) is 11.3 Å². The van der Waals surface area contributed by atoms with Gasteiger partial charge in [-0.15, -0.1) is 22.7 Å². The molecule has 0 aliphatic rings. The topological polar surface area (TPSA) is 84.8 Å². The lowest BCUT2D eigenvalue weighted by molar-refractivity contribution is 0.603. The van der Waals surface area contributed by atoms with Crippen LogP contribution in [0, 0.1) is 0 Å². The van der Waals surface area contributed by atoms with Crippen molar-refractivity contribution in [2.45, 2.75) is 24.0 Å². The molecule has 4 aromatic rings. The second kappa shape index (κ2) is 8.43. The van der Waals surface area contributed by atoms with E-state index in [9.17, 15) is 8.42 Å². The fourth-order valence-corrected chi connectivity index (χ4v) is 6.02. The SMILES string of the molecule is CC(C)c1nc(-c2cccc(NS(=O)(=O)c3cccs3)c2)c(-c2ccnc(Cl)n2)s1. The molecule has 0 aliphatic carbocycles. The maximum absolute atomic E-state index is 12.6. The Labute approximate surface area is 187 Å². The number of halogens is 1. The van der Waals surface area contributed by atoms with Crippen molar-refractivity contribution >= 4 is 50.0 Å². The zero-order valence-electron chi connectivity index (χ0n) is 16.0. The Balaban J connectivity index is 1.77. The van der Waals surface area contributed by atoms with E-state index in [0.29, 0.717) is 11.4 Å². The zero-order chi connectivity index (χ0) is 21.3. The quantitative estimate of drug-likeness (QED) is 0.350. The molecular formula is C20H17ClN4O2S3. The highest BCUT2D eigenvalue weighted by atomic mass is 35.5. The van der Waals surface area contributed by atoms with Crippen LogP contribution >= 0.6 is 34.3 Å². The number of nitrogens with one attached hydrogen (secondary N) is 1. The van der Waals surface area contributed by atoms with Gasteiger partial charge in [0.15, 0.2) is 0 Å². The van der Waals surface area contributed by atoms with Crippen LogP contribution < -0.4 is 4.72 Å². The molecule has 30 heavy (non-hydrogen) atoms. The monoisotopic (exact) mass is 476 g/mol. The molecule has 6 nitrogen and oxygen atoms in total. The summed E-state index contributed by atoms with van der Waals surface area (Å²) < 4.78 is 28.1. The molecule has 1 N–H and O–H groups in total. The lowest BCUT2D eigenvalue weighted by Gasteiger charge is -2.08. The van der Waals surface area contributed by atoms with Gasteiger partial charge in [-0.3, -0.25) is 4.72 Å². The molecule has 0 saturated heterocycles. The number of anilines is 1. The molecule has 1 aromatic carbocycles. The van der Waals surface area contributed by atoms with E-state index < -0.39 is 10.0 Å². The van der Waals surface area contributed by atoms with E-state index in [2.05, 4.69) is 28.5 Å². The minimum atomic E-state index is -3.63. The van der Waals surface area contributed by atoms with Crippen LogP contribution in [0.25, 0.3) is 21.8 Å². The number of benzene rings is 1. The third-order valence-electron chi connectivity index (χ3n) is 4.14. The summed E-state index contributed by atoms with van der Waals surface area (Å²) in [6.45, 7) is 4.15. The number of thiazole rings is 1. The van der Waals surface area contributed by atoms with E-state index in [4.69, 9.17) is 16.6 Å². The lowest BCUT2D eigenvalue weighted by Crippen LogP contribution is -2.11. The van der Waals surface area contributed by atoms with E-state index in [0.717, 1.165) is 21.1 Å². The smallest absolute Gasteiger partial charge is 0.271 e. The molecule has 0 saturated carbocycles. The van der Waals surface area contributed by atoms with Gasteiger partial charge in [0.2, 0.25) is 5.28 Å². The number of hydrogen-bond acceptors (Lipinski definition) is 7. The fraction of sp³-hybridized carbons (Fsp3) is 0.150. The highest BCUT2D eigenvalue weighted by molar-refractivity contribution is 7.94. The van der Waals surface area contributed by atoms with Crippen LogP contribution in [0.5, 0.6) is 0 Å². The minimum absolute atomic E-state index is 0.162. The molecule has 0 bridgehead atoms.